The summed E-state index contributed by atoms with van der Waals surface area (Å²) < 4.78 is 6.07. The van der Waals surface area contributed by atoms with E-state index in [1.807, 2.05) is 54.6 Å². The van der Waals surface area contributed by atoms with Gasteiger partial charge in [-0.15, -0.1) is 0 Å². The summed E-state index contributed by atoms with van der Waals surface area (Å²) in [5, 5.41) is 0.949. The van der Waals surface area contributed by atoms with Crippen LogP contribution in [0.2, 0.25) is 0 Å². The van der Waals surface area contributed by atoms with Crippen LogP contribution in [0.15, 0.2) is 132 Å². The zero-order valence-electron chi connectivity index (χ0n) is 21.8. The zero-order chi connectivity index (χ0) is 27.2. The van der Waals surface area contributed by atoms with Crippen LogP contribution in [0.4, 0.5) is 0 Å². The van der Waals surface area contributed by atoms with E-state index in [-0.39, 0.29) is 0 Å². The van der Waals surface area contributed by atoms with E-state index in [1.165, 1.54) is 0 Å². The van der Waals surface area contributed by atoms with Gasteiger partial charge in [0.25, 0.3) is 0 Å². The van der Waals surface area contributed by atoms with Crippen LogP contribution in [0, 0.1) is 0 Å². The number of para-hydroxylation sites is 2. The highest BCUT2D eigenvalue weighted by atomic mass is 16.3. The van der Waals surface area contributed by atoms with Gasteiger partial charge in [-0.25, -0.2) is 15.0 Å². The monoisotopic (exact) mass is 527 g/mol. The Morgan fingerprint density at radius 1 is 0.439 bits per heavy atom. The second-order valence-electron chi connectivity index (χ2n) is 9.86. The van der Waals surface area contributed by atoms with Crippen LogP contribution < -0.4 is 0 Å². The Bertz CT molecular complexity index is 2150. The van der Waals surface area contributed by atoms with Crippen molar-refractivity contribution in [3.8, 4) is 44.8 Å². The quantitative estimate of drug-likeness (QED) is 0.229. The van der Waals surface area contributed by atoms with Gasteiger partial charge in [-0.05, 0) is 89.0 Å². The van der Waals surface area contributed by atoms with Crippen molar-refractivity contribution < 1.29 is 4.42 Å². The molecule has 6 nitrogen and oxygen atoms in total. The highest BCUT2D eigenvalue weighted by molar-refractivity contribution is 6.05. The maximum Gasteiger partial charge on any atom is 0.246 e. The van der Waals surface area contributed by atoms with Crippen molar-refractivity contribution >= 4 is 33.2 Å². The Hall–Kier alpha value is -5.75. The molecular formula is C35H21N5O. The van der Waals surface area contributed by atoms with Gasteiger partial charge in [-0.3, -0.25) is 9.97 Å². The van der Waals surface area contributed by atoms with E-state index in [0.29, 0.717) is 5.71 Å². The van der Waals surface area contributed by atoms with Crippen molar-refractivity contribution in [3.63, 3.8) is 0 Å². The Kier molecular flexibility index (Phi) is 5.35. The third-order valence-corrected chi connectivity index (χ3v) is 7.29. The highest BCUT2D eigenvalue weighted by Crippen LogP contribution is 2.35. The molecule has 3 aromatic carbocycles. The molecule has 8 aromatic rings. The molecule has 0 aliphatic rings. The fourth-order valence-corrected chi connectivity index (χ4v) is 5.23. The lowest BCUT2D eigenvalue weighted by Crippen LogP contribution is -1.92. The first-order valence-corrected chi connectivity index (χ1v) is 13.3. The van der Waals surface area contributed by atoms with Crippen LogP contribution in [0.5, 0.6) is 0 Å². The Balaban J connectivity index is 1.26. The van der Waals surface area contributed by atoms with E-state index in [4.69, 9.17) is 19.4 Å². The van der Waals surface area contributed by atoms with Gasteiger partial charge in [0, 0.05) is 41.3 Å². The molecule has 5 aromatic heterocycles. The second kappa shape index (κ2) is 9.47. The molecule has 0 spiro atoms. The van der Waals surface area contributed by atoms with Gasteiger partial charge < -0.3 is 4.42 Å². The number of rotatable bonds is 4. The van der Waals surface area contributed by atoms with Crippen molar-refractivity contribution in [3.05, 3.63) is 128 Å². The van der Waals surface area contributed by atoms with Crippen molar-refractivity contribution in [1.82, 2.24) is 24.9 Å². The number of nitrogens with zero attached hydrogens (tertiary/aromatic N) is 5. The van der Waals surface area contributed by atoms with Gasteiger partial charge in [0.05, 0.1) is 22.4 Å². The molecule has 0 aliphatic heterocycles. The van der Waals surface area contributed by atoms with Crippen molar-refractivity contribution in [2.45, 2.75) is 0 Å². The Morgan fingerprint density at radius 2 is 1.05 bits per heavy atom. The molecule has 0 bridgehead atoms. The van der Waals surface area contributed by atoms with Crippen molar-refractivity contribution in [1.29, 1.82) is 0 Å². The van der Waals surface area contributed by atoms with Crippen LogP contribution >= 0.6 is 0 Å². The first kappa shape index (κ1) is 23.2. The fourth-order valence-electron chi connectivity index (χ4n) is 5.23. The molecular weight excluding hydrogens is 506 g/mol. The summed E-state index contributed by atoms with van der Waals surface area (Å²) in [6.07, 6.45) is 7.16. The number of hydrogen-bond donors (Lipinski definition) is 0. The van der Waals surface area contributed by atoms with E-state index in [9.17, 15) is 0 Å². The lowest BCUT2D eigenvalue weighted by atomic mass is 9.96. The van der Waals surface area contributed by atoms with E-state index in [0.717, 1.165) is 72.3 Å². The van der Waals surface area contributed by atoms with Gasteiger partial charge >= 0.3 is 0 Å². The Labute approximate surface area is 235 Å². The molecule has 0 radical (unpaired) electrons. The molecule has 41 heavy (non-hydrogen) atoms. The summed E-state index contributed by atoms with van der Waals surface area (Å²) in [4.78, 5) is 22.9. The first-order chi connectivity index (χ1) is 20.3. The van der Waals surface area contributed by atoms with E-state index in [1.54, 1.807) is 24.8 Å². The molecule has 5 heterocycles. The summed E-state index contributed by atoms with van der Waals surface area (Å²) >= 11 is 0. The first-order valence-electron chi connectivity index (χ1n) is 13.3. The number of fused-ring (bicyclic) bond motifs is 4. The smallest absolute Gasteiger partial charge is 0.246 e. The number of pyridine rings is 3. The van der Waals surface area contributed by atoms with E-state index >= 15 is 0 Å². The van der Waals surface area contributed by atoms with Crippen molar-refractivity contribution in [2.24, 2.45) is 0 Å². The van der Waals surface area contributed by atoms with Gasteiger partial charge in [0.1, 0.15) is 11.1 Å². The summed E-state index contributed by atoms with van der Waals surface area (Å²) in [6, 6.07) is 34.8. The molecule has 0 saturated carbocycles. The maximum absolute atomic E-state index is 6.07. The van der Waals surface area contributed by atoms with Gasteiger partial charge in [-0.1, -0.05) is 36.4 Å². The number of aromatic nitrogens is 5. The molecule has 0 fully saturated rings. The lowest BCUT2D eigenvalue weighted by molar-refractivity contribution is 0.655. The van der Waals surface area contributed by atoms with E-state index < -0.39 is 0 Å². The molecule has 0 aliphatic carbocycles. The number of hydrogen-bond acceptors (Lipinski definition) is 6. The molecule has 8 rings (SSSR count). The minimum Gasteiger partial charge on any atom is -0.436 e. The van der Waals surface area contributed by atoms with Gasteiger partial charge in [-0.2, -0.15) is 0 Å². The molecule has 0 saturated heterocycles. The molecule has 0 unspecified atom stereocenters. The number of furan rings is 1. The molecule has 0 atom stereocenters. The minimum absolute atomic E-state index is 0.550. The third kappa shape index (κ3) is 4.19. The van der Waals surface area contributed by atoms with Gasteiger partial charge in [0.15, 0.2) is 0 Å². The predicted molar refractivity (Wildman–Crippen MR) is 162 cm³/mol. The normalized spacial score (nSPS) is 11.4. The standard InChI is InChI=1S/C35H21N5O/c1-2-7-30-29(6-1)39-34-28-19-26(8-9-33(28)41-35(34)40-30)24-4-3-5-25(18-24)27-20-31(22-10-14-36-15-11-22)38-32(21-27)23-12-16-37-17-13-23/h1-21H. The van der Waals surface area contributed by atoms with Crippen LogP contribution in [-0.4, -0.2) is 24.9 Å². The zero-order valence-corrected chi connectivity index (χ0v) is 21.8. The number of benzene rings is 3. The molecule has 6 heteroatoms. The largest absolute Gasteiger partial charge is 0.436 e. The van der Waals surface area contributed by atoms with Gasteiger partial charge in [0.2, 0.25) is 5.71 Å². The fraction of sp³-hybridized carbons (Fsp3) is 0. The summed E-state index contributed by atoms with van der Waals surface area (Å²) in [7, 11) is 0. The molecule has 0 amide bonds. The Morgan fingerprint density at radius 3 is 1.73 bits per heavy atom. The summed E-state index contributed by atoms with van der Waals surface area (Å²) in [5.41, 5.74) is 11.9. The maximum atomic E-state index is 6.07. The third-order valence-electron chi connectivity index (χ3n) is 7.29. The topological polar surface area (TPSA) is 77.6 Å². The van der Waals surface area contributed by atoms with Crippen LogP contribution in [-0.2, 0) is 0 Å². The minimum atomic E-state index is 0.550. The lowest BCUT2D eigenvalue weighted by Gasteiger charge is -2.11. The molecule has 0 N–H and O–H groups in total. The molecule has 192 valence electrons. The van der Waals surface area contributed by atoms with E-state index in [2.05, 4.69) is 58.5 Å². The average Bonchev–Trinajstić information content (AvgIpc) is 3.41. The highest BCUT2D eigenvalue weighted by Gasteiger charge is 2.14. The SMILES string of the molecule is c1cc(-c2cc(-c3ccncc3)nc(-c3ccncc3)c2)cc(-c2ccc3oc4nc5ccccc5nc4c3c2)c1. The van der Waals surface area contributed by atoms with Crippen LogP contribution in [0.25, 0.3) is 78.0 Å². The second-order valence-corrected chi connectivity index (χ2v) is 9.86. The van der Waals surface area contributed by atoms with Crippen LogP contribution in [0.1, 0.15) is 0 Å². The predicted octanol–water partition coefficient (Wildman–Crippen LogP) is 8.38. The van der Waals surface area contributed by atoms with Crippen molar-refractivity contribution in [2.75, 3.05) is 0 Å². The average molecular weight is 528 g/mol. The summed E-state index contributed by atoms with van der Waals surface area (Å²) in [6.45, 7) is 0. The van der Waals surface area contributed by atoms with Crippen LogP contribution in [0.3, 0.4) is 0 Å². The summed E-state index contributed by atoms with van der Waals surface area (Å²) in [5.74, 6) is 0.